The van der Waals surface area contributed by atoms with Crippen molar-refractivity contribution in [2.75, 3.05) is 25.1 Å². The number of anilines is 1. The predicted molar refractivity (Wildman–Crippen MR) is 87.4 cm³/mol. The van der Waals surface area contributed by atoms with Crippen molar-refractivity contribution in [1.29, 1.82) is 0 Å². The molecule has 0 unspecified atom stereocenters. The number of likely N-dealkylation sites (N-methyl/N-ethyl adjacent to an activating group) is 1. The zero-order chi connectivity index (χ0) is 15.2. The van der Waals surface area contributed by atoms with Gasteiger partial charge in [-0.05, 0) is 46.2 Å². The van der Waals surface area contributed by atoms with Gasteiger partial charge < -0.3 is 15.0 Å². The Morgan fingerprint density at radius 3 is 2.45 bits per heavy atom. The lowest BCUT2D eigenvalue weighted by Crippen LogP contribution is -2.35. The molecule has 0 amide bonds. The van der Waals surface area contributed by atoms with Crippen LogP contribution in [0, 0.1) is 0 Å². The van der Waals surface area contributed by atoms with Crippen LogP contribution >= 0.6 is 0 Å². The van der Waals surface area contributed by atoms with E-state index in [9.17, 15) is 0 Å². The maximum atomic E-state index is 5.63. The van der Waals surface area contributed by atoms with Crippen molar-refractivity contribution in [2.45, 2.75) is 52.8 Å². The molecule has 0 atom stereocenters. The van der Waals surface area contributed by atoms with Crippen LogP contribution in [0.4, 0.5) is 5.69 Å². The Balaban J connectivity index is 2.64. The average Bonchev–Trinajstić information content (AvgIpc) is 2.35. The molecule has 1 aromatic carbocycles. The second-order valence-corrected chi connectivity index (χ2v) is 6.57. The van der Waals surface area contributed by atoms with E-state index in [0.29, 0.717) is 6.10 Å². The minimum atomic E-state index is 0.131. The molecule has 0 saturated heterocycles. The summed E-state index contributed by atoms with van der Waals surface area (Å²) in [5, 5.41) is 3.55. The molecule has 1 N–H and O–H groups in total. The third-order valence-corrected chi connectivity index (χ3v) is 3.09. The van der Waals surface area contributed by atoms with Gasteiger partial charge in [-0.15, -0.1) is 0 Å². The Kier molecular flexibility index (Phi) is 6.50. The number of benzene rings is 1. The second-order valence-electron chi connectivity index (χ2n) is 6.57. The molecule has 3 nitrogen and oxygen atoms in total. The monoisotopic (exact) mass is 278 g/mol. The molecule has 0 aliphatic carbocycles. The number of nitrogens with one attached hydrogen (secondary N) is 1. The van der Waals surface area contributed by atoms with Gasteiger partial charge in [-0.2, -0.15) is 0 Å². The first-order valence-electron chi connectivity index (χ1n) is 7.45. The van der Waals surface area contributed by atoms with Gasteiger partial charge in [0.25, 0.3) is 0 Å². The SMILES string of the molecule is CC(C)OCCN(C)c1ccccc1CNC(C)(C)C. The summed E-state index contributed by atoms with van der Waals surface area (Å²) in [6.07, 6.45) is 0.293. The Hall–Kier alpha value is -1.06. The van der Waals surface area contributed by atoms with Gasteiger partial charge in [0.2, 0.25) is 0 Å². The number of hydrogen-bond donors (Lipinski definition) is 1. The van der Waals surface area contributed by atoms with Crippen LogP contribution in [0.2, 0.25) is 0 Å². The molecule has 1 aromatic rings. The van der Waals surface area contributed by atoms with Gasteiger partial charge >= 0.3 is 0 Å². The molecule has 0 bridgehead atoms. The van der Waals surface area contributed by atoms with E-state index < -0.39 is 0 Å². The van der Waals surface area contributed by atoms with Crippen LogP contribution < -0.4 is 10.2 Å². The summed E-state index contributed by atoms with van der Waals surface area (Å²) >= 11 is 0. The van der Waals surface area contributed by atoms with Gasteiger partial charge in [-0.3, -0.25) is 0 Å². The summed E-state index contributed by atoms with van der Waals surface area (Å²) in [5.41, 5.74) is 2.73. The van der Waals surface area contributed by atoms with Gasteiger partial charge in [-0.25, -0.2) is 0 Å². The summed E-state index contributed by atoms with van der Waals surface area (Å²) in [4.78, 5) is 2.27. The van der Waals surface area contributed by atoms with Crippen LogP contribution in [0.3, 0.4) is 0 Å². The molecule has 1 rings (SSSR count). The van der Waals surface area contributed by atoms with Crippen LogP contribution in [0.15, 0.2) is 24.3 Å². The van der Waals surface area contributed by atoms with E-state index in [1.54, 1.807) is 0 Å². The molecular formula is C17H30N2O. The summed E-state index contributed by atoms with van der Waals surface area (Å²) in [6.45, 7) is 13.3. The highest BCUT2D eigenvalue weighted by Gasteiger charge is 2.12. The lowest BCUT2D eigenvalue weighted by atomic mass is 10.1. The van der Waals surface area contributed by atoms with Gasteiger partial charge in [0.05, 0.1) is 12.7 Å². The largest absolute Gasteiger partial charge is 0.377 e. The van der Waals surface area contributed by atoms with Crippen molar-refractivity contribution in [3.05, 3.63) is 29.8 Å². The van der Waals surface area contributed by atoms with E-state index in [2.05, 4.69) is 76.1 Å². The summed E-state index contributed by atoms with van der Waals surface area (Å²) in [6, 6.07) is 8.56. The average molecular weight is 278 g/mol. The fraction of sp³-hybridized carbons (Fsp3) is 0.647. The number of para-hydroxylation sites is 1. The Labute approximate surface area is 124 Å². The van der Waals surface area contributed by atoms with Crippen molar-refractivity contribution >= 4 is 5.69 Å². The molecule has 0 aliphatic rings. The molecule has 0 spiro atoms. The maximum absolute atomic E-state index is 5.63. The third-order valence-electron chi connectivity index (χ3n) is 3.09. The molecule has 0 aliphatic heterocycles. The zero-order valence-electron chi connectivity index (χ0n) is 13.9. The smallest absolute Gasteiger partial charge is 0.0644 e. The third kappa shape index (κ3) is 6.40. The fourth-order valence-electron chi connectivity index (χ4n) is 1.94. The van der Waals surface area contributed by atoms with Gasteiger partial charge in [0.1, 0.15) is 0 Å². The van der Waals surface area contributed by atoms with E-state index in [1.165, 1.54) is 11.3 Å². The molecule has 0 aromatic heterocycles. The second kappa shape index (κ2) is 7.65. The first-order chi connectivity index (χ1) is 9.29. The van der Waals surface area contributed by atoms with Crippen LogP contribution in [-0.4, -0.2) is 31.8 Å². The summed E-state index contributed by atoms with van der Waals surface area (Å²) < 4.78 is 5.63. The summed E-state index contributed by atoms with van der Waals surface area (Å²) in [7, 11) is 2.12. The number of nitrogens with zero attached hydrogens (tertiary/aromatic N) is 1. The topological polar surface area (TPSA) is 24.5 Å². The Bertz CT molecular complexity index is 396. The summed E-state index contributed by atoms with van der Waals surface area (Å²) in [5.74, 6) is 0. The maximum Gasteiger partial charge on any atom is 0.0644 e. The van der Waals surface area contributed by atoms with Crippen molar-refractivity contribution in [2.24, 2.45) is 0 Å². The van der Waals surface area contributed by atoms with Gasteiger partial charge in [-0.1, -0.05) is 18.2 Å². The van der Waals surface area contributed by atoms with Gasteiger partial charge in [0, 0.05) is 31.4 Å². The van der Waals surface area contributed by atoms with E-state index in [4.69, 9.17) is 4.74 Å². The highest BCUT2D eigenvalue weighted by molar-refractivity contribution is 5.53. The van der Waals surface area contributed by atoms with E-state index in [0.717, 1.165) is 19.7 Å². The number of hydrogen-bond acceptors (Lipinski definition) is 3. The Morgan fingerprint density at radius 2 is 1.85 bits per heavy atom. The normalized spacial score (nSPS) is 11.9. The van der Waals surface area contributed by atoms with E-state index in [1.807, 2.05) is 0 Å². The molecule has 114 valence electrons. The standard InChI is InChI=1S/C17H30N2O/c1-14(2)20-12-11-19(6)16-10-8-7-9-15(16)13-18-17(3,4)5/h7-10,14,18H,11-13H2,1-6H3. The molecular weight excluding hydrogens is 248 g/mol. The van der Waals surface area contributed by atoms with Crippen LogP contribution in [-0.2, 0) is 11.3 Å². The number of rotatable bonds is 7. The van der Waals surface area contributed by atoms with Crippen molar-refractivity contribution in [1.82, 2.24) is 5.32 Å². The van der Waals surface area contributed by atoms with Crippen molar-refractivity contribution in [3.63, 3.8) is 0 Å². The lowest BCUT2D eigenvalue weighted by Gasteiger charge is -2.26. The minimum Gasteiger partial charge on any atom is -0.377 e. The van der Waals surface area contributed by atoms with Gasteiger partial charge in [0.15, 0.2) is 0 Å². The predicted octanol–water partition coefficient (Wildman–Crippen LogP) is 3.44. The zero-order valence-corrected chi connectivity index (χ0v) is 13.9. The first kappa shape index (κ1) is 17.0. The van der Waals surface area contributed by atoms with Crippen molar-refractivity contribution < 1.29 is 4.74 Å². The molecule has 0 heterocycles. The molecule has 3 heteroatoms. The minimum absolute atomic E-state index is 0.131. The Morgan fingerprint density at radius 1 is 1.20 bits per heavy atom. The van der Waals surface area contributed by atoms with E-state index >= 15 is 0 Å². The van der Waals surface area contributed by atoms with E-state index in [-0.39, 0.29) is 5.54 Å². The van der Waals surface area contributed by atoms with Crippen LogP contribution in [0.25, 0.3) is 0 Å². The quantitative estimate of drug-likeness (QED) is 0.827. The fourth-order valence-corrected chi connectivity index (χ4v) is 1.94. The van der Waals surface area contributed by atoms with Crippen molar-refractivity contribution in [3.8, 4) is 0 Å². The van der Waals surface area contributed by atoms with Crippen LogP contribution in [0.5, 0.6) is 0 Å². The molecule has 20 heavy (non-hydrogen) atoms. The van der Waals surface area contributed by atoms with Crippen LogP contribution in [0.1, 0.15) is 40.2 Å². The highest BCUT2D eigenvalue weighted by Crippen LogP contribution is 2.19. The first-order valence-corrected chi connectivity index (χ1v) is 7.45. The number of ether oxygens (including phenoxy) is 1. The molecule has 0 saturated carbocycles. The molecule has 0 radical (unpaired) electrons. The lowest BCUT2D eigenvalue weighted by molar-refractivity contribution is 0.0846. The highest BCUT2D eigenvalue weighted by atomic mass is 16.5. The molecule has 0 fully saturated rings.